The Hall–Kier alpha value is -1.51. The second kappa shape index (κ2) is 4.06. The largest absolute Gasteiger partial charge is 0.367 e. The number of anilines is 1. The maximum Gasteiger partial charge on any atom is 0.125 e. The van der Waals surface area contributed by atoms with Crippen molar-refractivity contribution < 1.29 is 4.39 Å². The van der Waals surface area contributed by atoms with E-state index in [9.17, 15) is 4.39 Å². The predicted octanol–water partition coefficient (Wildman–Crippen LogP) is 3.69. The van der Waals surface area contributed by atoms with Gasteiger partial charge in [-0.15, -0.1) is 0 Å². The predicted molar refractivity (Wildman–Crippen MR) is 68.9 cm³/mol. The zero-order valence-electron chi connectivity index (χ0n) is 10.0. The third-order valence-corrected chi connectivity index (χ3v) is 3.73. The fraction of sp³-hybridized carbons (Fsp3) is 0.429. The normalized spacial score (nSPS) is 21.1. The van der Waals surface area contributed by atoms with Crippen molar-refractivity contribution in [3.05, 3.63) is 30.2 Å². The molecule has 0 aliphatic carbocycles. The summed E-state index contributed by atoms with van der Waals surface area (Å²) in [4.78, 5) is 5.60. The number of rotatable bonds is 1. The summed E-state index contributed by atoms with van der Waals surface area (Å²) in [5.74, 6) is -0.183. The topological polar surface area (TPSA) is 19.0 Å². The minimum absolute atomic E-state index is 0.183. The molecule has 1 N–H and O–H groups in total. The molecular formula is C14H17FN2. The molecule has 0 spiro atoms. The van der Waals surface area contributed by atoms with E-state index in [1.165, 1.54) is 31.0 Å². The lowest BCUT2D eigenvalue weighted by Crippen LogP contribution is -2.37. The Balaban J connectivity index is 2.05. The SMILES string of the molecule is C[C@H]1CCCCN1c1c[nH]c2cc(F)ccc12. The lowest BCUT2D eigenvalue weighted by molar-refractivity contribution is 0.486. The fourth-order valence-corrected chi connectivity index (χ4v) is 2.78. The summed E-state index contributed by atoms with van der Waals surface area (Å²) in [6.45, 7) is 3.37. The van der Waals surface area contributed by atoms with Crippen LogP contribution in [0.3, 0.4) is 0 Å². The van der Waals surface area contributed by atoms with Crippen molar-refractivity contribution in [2.45, 2.75) is 32.2 Å². The zero-order valence-corrected chi connectivity index (χ0v) is 10.0. The van der Waals surface area contributed by atoms with Crippen LogP contribution in [0, 0.1) is 5.82 Å². The molecule has 2 aromatic rings. The molecule has 1 aromatic heterocycles. The summed E-state index contributed by atoms with van der Waals surface area (Å²) >= 11 is 0. The standard InChI is InChI=1S/C14H17FN2/c1-10-4-2-3-7-17(10)14-9-16-13-8-11(15)5-6-12(13)14/h5-6,8-10,16H,2-4,7H2,1H3/t10-/m0/s1. The molecular weight excluding hydrogens is 215 g/mol. The second-order valence-electron chi connectivity index (χ2n) is 4.90. The highest BCUT2D eigenvalue weighted by Gasteiger charge is 2.20. The first-order valence-electron chi connectivity index (χ1n) is 6.29. The Morgan fingerprint density at radius 3 is 3.06 bits per heavy atom. The van der Waals surface area contributed by atoms with Gasteiger partial charge in [0.15, 0.2) is 0 Å². The van der Waals surface area contributed by atoms with Gasteiger partial charge in [0.1, 0.15) is 5.82 Å². The van der Waals surface area contributed by atoms with Crippen LogP contribution in [0.15, 0.2) is 24.4 Å². The van der Waals surface area contributed by atoms with Gasteiger partial charge in [0.25, 0.3) is 0 Å². The van der Waals surface area contributed by atoms with Crippen molar-refractivity contribution in [2.75, 3.05) is 11.4 Å². The van der Waals surface area contributed by atoms with Crippen LogP contribution in [0.25, 0.3) is 10.9 Å². The van der Waals surface area contributed by atoms with Gasteiger partial charge in [-0.1, -0.05) is 0 Å². The molecule has 90 valence electrons. The number of benzene rings is 1. The van der Waals surface area contributed by atoms with Gasteiger partial charge in [-0.25, -0.2) is 4.39 Å². The maximum atomic E-state index is 13.1. The third kappa shape index (κ3) is 1.79. The Morgan fingerprint density at radius 2 is 2.24 bits per heavy atom. The van der Waals surface area contributed by atoms with Gasteiger partial charge in [-0.2, -0.15) is 0 Å². The van der Waals surface area contributed by atoms with Crippen LogP contribution in [0.5, 0.6) is 0 Å². The van der Waals surface area contributed by atoms with E-state index in [-0.39, 0.29) is 5.82 Å². The summed E-state index contributed by atoms with van der Waals surface area (Å²) in [6.07, 6.45) is 5.81. The lowest BCUT2D eigenvalue weighted by Gasteiger charge is -2.34. The van der Waals surface area contributed by atoms with Gasteiger partial charge in [-0.05, 0) is 44.4 Å². The molecule has 3 rings (SSSR count). The van der Waals surface area contributed by atoms with Gasteiger partial charge >= 0.3 is 0 Å². The van der Waals surface area contributed by atoms with Gasteiger partial charge in [0.05, 0.1) is 11.2 Å². The Bertz CT molecular complexity index is 532. The quantitative estimate of drug-likeness (QED) is 0.794. The highest BCUT2D eigenvalue weighted by atomic mass is 19.1. The first-order valence-corrected chi connectivity index (χ1v) is 6.29. The van der Waals surface area contributed by atoms with E-state index in [2.05, 4.69) is 16.8 Å². The maximum absolute atomic E-state index is 13.1. The molecule has 3 heteroatoms. The van der Waals surface area contributed by atoms with Crippen LogP contribution in [0.1, 0.15) is 26.2 Å². The molecule has 0 unspecified atom stereocenters. The highest BCUT2D eigenvalue weighted by molar-refractivity contribution is 5.93. The van der Waals surface area contributed by atoms with Crippen LogP contribution >= 0.6 is 0 Å². The summed E-state index contributed by atoms with van der Waals surface area (Å²) in [7, 11) is 0. The Morgan fingerprint density at radius 1 is 1.35 bits per heavy atom. The second-order valence-corrected chi connectivity index (χ2v) is 4.90. The van der Waals surface area contributed by atoms with E-state index >= 15 is 0 Å². The number of piperidine rings is 1. The number of aromatic nitrogens is 1. The smallest absolute Gasteiger partial charge is 0.125 e. The number of nitrogens with zero attached hydrogens (tertiary/aromatic N) is 1. The molecule has 0 amide bonds. The van der Waals surface area contributed by atoms with E-state index in [0.717, 1.165) is 17.4 Å². The average Bonchev–Trinajstić information content (AvgIpc) is 2.72. The molecule has 0 saturated carbocycles. The number of hydrogen-bond donors (Lipinski definition) is 1. The van der Waals surface area contributed by atoms with Gasteiger partial charge < -0.3 is 9.88 Å². The van der Waals surface area contributed by atoms with Gasteiger partial charge in [0.2, 0.25) is 0 Å². The summed E-state index contributed by atoms with van der Waals surface area (Å²) < 4.78 is 13.1. The number of nitrogens with one attached hydrogen (secondary N) is 1. The average molecular weight is 232 g/mol. The van der Waals surface area contributed by atoms with Gasteiger partial charge in [0, 0.05) is 24.2 Å². The summed E-state index contributed by atoms with van der Waals surface area (Å²) in [5.41, 5.74) is 2.10. The molecule has 1 aromatic carbocycles. The third-order valence-electron chi connectivity index (χ3n) is 3.73. The summed E-state index contributed by atoms with van der Waals surface area (Å²) in [5, 5.41) is 1.13. The molecule has 17 heavy (non-hydrogen) atoms. The van der Waals surface area contributed by atoms with Crippen molar-refractivity contribution in [2.24, 2.45) is 0 Å². The number of H-pyrrole nitrogens is 1. The minimum atomic E-state index is -0.183. The molecule has 1 aliphatic heterocycles. The van der Waals surface area contributed by atoms with Gasteiger partial charge in [-0.3, -0.25) is 0 Å². The van der Waals surface area contributed by atoms with Crippen LogP contribution in [0.2, 0.25) is 0 Å². The summed E-state index contributed by atoms with van der Waals surface area (Å²) in [6, 6.07) is 5.55. The molecule has 0 bridgehead atoms. The van der Waals surface area contributed by atoms with Crippen molar-refractivity contribution in [3.63, 3.8) is 0 Å². The monoisotopic (exact) mass is 232 g/mol. The van der Waals surface area contributed by atoms with E-state index in [1.54, 1.807) is 6.07 Å². The van der Waals surface area contributed by atoms with Crippen molar-refractivity contribution in [1.82, 2.24) is 4.98 Å². The Labute approximate surface area is 100 Å². The molecule has 1 saturated heterocycles. The number of fused-ring (bicyclic) bond motifs is 1. The van der Waals surface area contributed by atoms with E-state index < -0.39 is 0 Å². The lowest BCUT2D eigenvalue weighted by atomic mass is 10.0. The van der Waals surface area contributed by atoms with Crippen molar-refractivity contribution in [3.8, 4) is 0 Å². The van der Waals surface area contributed by atoms with E-state index in [0.29, 0.717) is 6.04 Å². The van der Waals surface area contributed by atoms with Crippen LogP contribution in [0.4, 0.5) is 10.1 Å². The number of aromatic amines is 1. The fourth-order valence-electron chi connectivity index (χ4n) is 2.78. The molecule has 0 radical (unpaired) electrons. The highest BCUT2D eigenvalue weighted by Crippen LogP contribution is 2.31. The van der Waals surface area contributed by atoms with E-state index in [1.807, 2.05) is 12.3 Å². The first kappa shape index (κ1) is 10.6. The molecule has 2 nitrogen and oxygen atoms in total. The van der Waals surface area contributed by atoms with Crippen LogP contribution < -0.4 is 4.90 Å². The first-order chi connectivity index (χ1) is 8.25. The van der Waals surface area contributed by atoms with Crippen molar-refractivity contribution >= 4 is 16.6 Å². The molecule has 2 heterocycles. The van der Waals surface area contributed by atoms with E-state index in [4.69, 9.17) is 0 Å². The number of hydrogen-bond acceptors (Lipinski definition) is 1. The van der Waals surface area contributed by atoms with Crippen LogP contribution in [-0.2, 0) is 0 Å². The molecule has 1 fully saturated rings. The molecule has 1 atom stereocenters. The molecule has 1 aliphatic rings. The zero-order chi connectivity index (χ0) is 11.8. The minimum Gasteiger partial charge on any atom is -0.367 e. The van der Waals surface area contributed by atoms with Crippen molar-refractivity contribution in [1.29, 1.82) is 0 Å². The number of halogens is 1. The Kier molecular flexibility index (Phi) is 2.54. The van der Waals surface area contributed by atoms with Crippen LogP contribution in [-0.4, -0.2) is 17.6 Å².